The molecule has 32 heavy (non-hydrogen) atoms. The van der Waals surface area contributed by atoms with Gasteiger partial charge in [-0.3, -0.25) is 20.4 Å². The van der Waals surface area contributed by atoms with Gasteiger partial charge < -0.3 is 19.2 Å². The van der Waals surface area contributed by atoms with Gasteiger partial charge in [0.15, 0.2) is 5.76 Å². The Hall–Kier alpha value is -2.98. The molecule has 2 heterocycles. The summed E-state index contributed by atoms with van der Waals surface area (Å²) in [5, 5.41) is 12.7. The third kappa shape index (κ3) is 5.25. The first kappa shape index (κ1) is 22.2. The van der Waals surface area contributed by atoms with Crippen LogP contribution in [0.4, 0.5) is 0 Å². The average molecular weight is 456 g/mol. The Labute approximate surface area is 191 Å². The molecule has 0 spiro atoms. The smallest absolute Gasteiger partial charge is 0.287 e. The predicted molar refractivity (Wildman–Crippen MR) is 123 cm³/mol. The number of hydroxylamine groups is 1. The molecule has 0 radical (unpaired) electrons. The molecule has 0 aliphatic carbocycles. The van der Waals surface area contributed by atoms with Gasteiger partial charge in [-0.15, -0.1) is 0 Å². The van der Waals surface area contributed by atoms with Gasteiger partial charge in [-0.05, 0) is 30.3 Å². The van der Waals surface area contributed by atoms with Crippen LogP contribution in [0.1, 0.15) is 21.7 Å². The number of thiocarbonyl (C=S) groups is 1. The summed E-state index contributed by atoms with van der Waals surface area (Å²) < 4.78 is 17.0. The van der Waals surface area contributed by atoms with E-state index >= 15 is 0 Å². The third-order valence-corrected chi connectivity index (χ3v) is 5.59. The molecular weight excluding hydrogens is 430 g/mol. The molecule has 1 aliphatic rings. The van der Waals surface area contributed by atoms with Crippen LogP contribution in [-0.2, 0) is 11.3 Å². The molecule has 2 aromatic carbocycles. The van der Waals surface area contributed by atoms with Gasteiger partial charge in [-0.1, -0.05) is 30.4 Å². The second-order valence-electron chi connectivity index (χ2n) is 7.36. The lowest BCUT2D eigenvalue weighted by molar-refractivity contribution is 0.0341. The minimum absolute atomic E-state index is 0.238. The minimum Gasteiger partial charge on any atom is -0.492 e. The van der Waals surface area contributed by atoms with Gasteiger partial charge in [0.1, 0.15) is 22.9 Å². The first-order valence-electron chi connectivity index (χ1n) is 10.4. The van der Waals surface area contributed by atoms with Crippen molar-refractivity contribution in [3.05, 3.63) is 65.4 Å². The summed E-state index contributed by atoms with van der Waals surface area (Å²) in [4.78, 5) is 15.4. The van der Waals surface area contributed by atoms with E-state index in [1.54, 1.807) is 24.3 Å². The molecule has 168 valence electrons. The minimum atomic E-state index is -0.261. The molecule has 0 atom stereocenters. The second-order valence-corrected chi connectivity index (χ2v) is 7.77. The number of hydrogen-bond acceptors (Lipinski definition) is 7. The number of rotatable bonds is 8. The number of para-hydroxylation sites is 1. The summed E-state index contributed by atoms with van der Waals surface area (Å²) in [7, 11) is 0. The summed E-state index contributed by atoms with van der Waals surface area (Å²) >= 11 is 4.96. The zero-order valence-electron chi connectivity index (χ0n) is 17.5. The van der Waals surface area contributed by atoms with Crippen molar-refractivity contribution in [2.75, 3.05) is 39.5 Å². The van der Waals surface area contributed by atoms with Crippen molar-refractivity contribution in [2.24, 2.45) is 0 Å². The van der Waals surface area contributed by atoms with E-state index in [2.05, 4.69) is 10.2 Å². The summed E-state index contributed by atoms with van der Waals surface area (Å²) in [6.45, 7) is 4.29. The quantitative estimate of drug-likeness (QED) is 0.271. The van der Waals surface area contributed by atoms with E-state index in [1.165, 1.54) is 0 Å². The summed E-state index contributed by atoms with van der Waals surface area (Å²) in [6, 6.07) is 14.7. The highest BCUT2D eigenvalue weighted by molar-refractivity contribution is 7.80. The average Bonchev–Trinajstić information content (AvgIpc) is 3.20. The van der Waals surface area contributed by atoms with Crippen LogP contribution in [0, 0.1) is 0 Å². The molecule has 1 saturated heterocycles. The number of furan rings is 1. The van der Waals surface area contributed by atoms with Crippen LogP contribution >= 0.6 is 12.2 Å². The van der Waals surface area contributed by atoms with Gasteiger partial charge in [0, 0.05) is 36.1 Å². The molecule has 1 aliphatic heterocycles. The Bertz CT molecular complexity index is 1080. The van der Waals surface area contributed by atoms with E-state index in [4.69, 9.17) is 31.3 Å². The van der Waals surface area contributed by atoms with Crippen LogP contribution in [0.25, 0.3) is 11.0 Å². The number of ether oxygens (including phenoxy) is 2. The van der Waals surface area contributed by atoms with Crippen molar-refractivity contribution >= 4 is 34.1 Å². The van der Waals surface area contributed by atoms with Gasteiger partial charge >= 0.3 is 0 Å². The van der Waals surface area contributed by atoms with E-state index in [1.807, 2.05) is 29.7 Å². The SMILES string of the molecule is O=C(NCCOc1ccc(C(=S)NO)cc1)c1oc2ccccc2c1CN1CCOCC1. The Morgan fingerprint density at radius 2 is 1.88 bits per heavy atom. The van der Waals surface area contributed by atoms with Crippen LogP contribution in [0.5, 0.6) is 5.75 Å². The van der Waals surface area contributed by atoms with Gasteiger partial charge in [0.25, 0.3) is 5.91 Å². The van der Waals surface area contributed by atoms with E-state index in [-0.39, 0.29) is 10.9 Å². The van der Waals surface area contributed by atoms with Crippen LogP contribution in [0.2, 0.25) is 0 Å². The lowest BCUT2D eigenvalue weighted by atomic mass is 10.1. The van der Waals surface area contributed by atoms with Gasteiger partial charge in [-0.25, -0.2) is 0 Å². The molecular formula is C23H25N3O5S. The molecule has 1 aromatic heterocycles. The molecule has 0 unspecified atom stereocenters. The zero-order valence-corrected chi connectivity index (χ0v) is 18.3. The topological polar surface area (TPSA) is 96.2 Å². The predicted octanol–water partition coefficient (Wildman–Crippen LogP) is 2.73. The Morgan fingerprint density at radius 3 is 2.62 bits per heavy atom. The van der Waals surface area contributed by atoms with E-state index in [9.17, 15) is 4.79 Å². The summed E-state index contributed by atoms with van der Waals surface area (Å²) in [5.41, 5.74) is 4.22. The van der Waals surface area contributed by atoms with E-state index < -0.39 is 0 Å². The number of nitrogens with one attached hydrogen (secondary N) is 2. The fraction of sp³-hybridized carbons (Fsp3) is 0.304. The van der Waals surface area contributed by atoms with Gasteiger partial charge in [-0.2, -0.15) is 0 Å². The highest BCUT2D eigenvalue weighted by Crippen LogP contribution is 2.27. The Morgan fingerprint density at radius 1 is 1.12 bits per heavy atom. The molecule has 1 fully saturated rings. The molecule has 1 amide bonds. The first-order chi connectivity index (χ1) is 15.7. The fourth-order valence-electron chi connectivity index (χ4n) is 3.60. The number of hydrogen-bond donors (Lipinski definition) is 3. The Kier molecular flexibility index (Phi) is 7.33. The Balaban J connectivity index is 1.37. The lowest BCUT2D eigenvalue weighted by Gasteiger charge is -2.26. The van der Waals surface area contributed by atoms with Crippen molar-refractivity contribution < 1.29 is 23.9 Å². The van der Waals surface area contributed by atoms with Crippen molar-refractivity contribution in [1.29, 1.82) is 0 Å². The number of morpholine rings is 1. The van der Waals surface area contributed by atoms with Crippen LogP contribution in [-0.4, -0.2) is 60.5 Å². The van der Waals surface area contributed by atoms with Gasteiger partial charge in [0.2, 0.25) is 0 Å². The summed E-state index contributed by atoms with van der Waals surface area (Å²) in [6.07, 6.45) is 0. The number of nitrogens with zero attached hydrogens (tertiary/aromatic N) is 1. The van der Waals surface area contributed by atoms with E-state index in [0.717, 1.165) is 24.0 Å². The largest absolute Gasteiger partial charge is 0.492 e. The molecule has 8 nitrogen and oxygen atoms in total. The highest BCUT2D eigenvalue weighted by atomic mass is 32.1. The maximum atomic E-state index is 12.9. The summed E-state index contributed by atoms with van der Waals surface area (Å²) in [5.74, 6) is 0.718. The number of fused-ring (bicyclic) bond motifs is 1. The monoisotopic (exact) mass is 455 g/mol. The standard InChI is InChI=1S/C23H25N3O5S/c27-22(24-9-12-30-17-7-5-16(6-8-17)23(32)25-28)21-19(15-26-10-13-29-14-11-26)18-3-1-2-4-20(18)31-21/h1-8,28H,9-15H2,(H,24,27)(H,25,32). The number of amides is 1. The second kappa shape index (κ2) is 10.6. The zero-order chi connectivity index (χ0) is 22.3. The van der Waals surface area contributed by atoms with Crippen molar-refractivity contribution in [2.45, 2.75) is 6.54 Å². The van der Waals surface area contributed by atoms with Crippen molar-refractivity contribution in [3.8, 4) is 5.75 Å². The maximum absolute atomic E-state index is 12.9. The lowest BCUT2D eigenvalue weighted by Crippen LogP contribution is -2.36. The highest BCUT2D eigenvalue weighted by Gasteiger charge is 2.23. The number of benzene rings is 2. The molecule has 9 heteroatoms. The third-order valence-electron chi connectivity index (χ3n) is 5.26. The maximum Gasteiger partial charge on any atom is 0.287 e. The van der Waals surface area contributed by atoms with Crippen molar-refractivity contribution in [3.63, 3.8) is 0 Å². The number of carbonyl (C=O) groups is 1. The van der Waals surface area contributed by atoms with Gasteiger partial charge in [0.05, 0.1) is 19.8 Å². The normalized spacial score (nSPS) is 14.3. The van der Waals surface area contributed by atoms with Crippen LogP contribution in [0.3, 0.4) is 0 Å². The van der Waals surface area contributed by atoms with Crippen LogP contribution in [0.15, 0.2) is 52.9 Å². The molecule has 3 aromatic rings. The fourth-order valence-corrected chi connectivity index (χ4v) is 3.74. The molecule has 0 bridgehead atoms. The molecule has 4 rings (SSSR count). The molecule has 3 N–H and O–H groups in total. The van der Waals surface area contributed by atoms with E-state index in [0.29, 0.717) is 55.6 Å². The van der Waals surface area contributed by atoms with Crippen LogP contribution < -0.4 is 15.5 Å². The number of carbonyl (C=O) groups excluding carboxylic acids is 1. The van der Waals surface area contributed by atoms with Crippen molar-refractivity contribution in [1.82, 2.24) is 15.7 Å². The molecule has 0 saturated carbocycles. The first-order valence-corrected chi connectivity index (χ1v) is 10.8.